The van der Waals surface area contributed by atoms with E-state index in [9.17, 15) is 4.79 Å². The number of unbranched alkanes of at least 4 members (excludes halogenated alkanes) is 5. The van der Waals surface area contributed by atoms with Crippen molar-refractivity contribution in [3.05, 3.63) is 57.3 Å². The zero-order valence-corrected chi connectivity index (χ0v) is 15.7. The summed E-state index contributed by atoms with van der Waals surface area (Å²) in [4.78, 5) is 12.6. The number of ketones is 1. The predicted octanol–water partition coefficient (Wildman–Crippen LogP) is 7.02. The van der Waals surface area contributed by atoms with Gasteiger partial charge >= 0.3 is 0 Å². The Kier molecular flexibility index (Phi) is 7.97. The fraction of sp³-hybridized carbons (Fsp3) is 0.409. The molecule has 0 saturated carbocycles. The highest BCUT2D eigenvalue weighted by Crippen LogP contribution is 2.20. The Balaban J connectivity index is 1.79. The van der Waals surface area contributed by atoms with E-state index in [1.165, 1.54) is 55.4 Å². The third kappa shape index (κ3) is 6.45. The van der Waals surface area contributed by atoms with Crippen LogP contribution in [-0.2, 0) is 6.42 Å². The average Bonchev–Trinajstić information content (AvgIpc) is 3.04. The molecule has 0 aliphatic carbocycles. The second-order valence-corrected chi connectivity index (χ2v) is 7.33. The van der Waals surface area contributed by atoms with Gasteiger partial charge in [0.1, 0.15) is 0 Å². The summed E-state index contributed by atoms with van der Waals surface area (Å²) in [6.07, 6.45) is 13.6. The summed E-state index contributed by atoms with van der Waals surface area (Å²) in [5.41, 5.74) is 3.36. The Morgan fingerprint density at radius 1 is 1.00 bits per heavy atom. The summed E-state index contributed by atoms with van der Waals surface area (Å²) in [5.74, 6) is 0.114. The van der Waals surface area contributed by atoms with Crippen LogP contribution in [0.25, 0.3) is 12.2 Å². The molecule has 0 aliphatic rings. The minimum atomic E-state index is 0.114. The van der Waals surface area contributed by atoms with Crippen LogP contribution < -0.4 is 0 Å². The first-order valence-electron chi connectivity index (χ1n) is 9.05. The van der Waals surface area contributed by atoms with Crippen molar-refractivity contribution < 1.29 is 4.79 Å². The molecule has 0 saturated heterocycles. The maximum absolute atomic E-state index is 11.3. The smallest absolute Gasteiger partial charge is 0.159 e. The number of rotatable bonds is 10. The van der Waals surface area contributed by atoms with Gasteiger partial charge in [0.25, 0.3) is 0 Å². The zero-order valence-electron chi connectivity index (χ0n) is 14.9. The van der Waals surface area contributed by atoms with E-state index >= 15 is 0 Å². The van der Waals surface area contributed by atoms with Crippen LogP contribution in [0.2, 0.25) is 0 Å². The number of Topliss-reactive ketones (excluding diaryl/α,β-unsaturated/α-hetero) is 1. The Morgan fingerprint density at radius 3 is 2.42 bits per heavy atom. The molecule has 0 radical (unpaired) electrons. The fourth-order valence-electron chi connectivity index (χ4n) is 2.73. The molecule has 1 heterocycles. The number of thiophene rings is 1. The maximum Gasteiger partial charge on any atom is 0.159 e. The molecule has 0 unspecified atom stereocenters. The van der Waals surface area contributed by atoms with Crippen LogP contribution in [0, 0.1) is 0 Å². The van der Waals surface area contributed by atoms with Gasteiger partial charge < -0.3 is 0 Å². The van der Waals surface area contributed by atoms with Gasteiger partial charge in [-0.15, -0.1) is 11.3 Å². The summed E-state index contributed by atoms with van der Waals surface area (Å²) < 4.78 is 0. The van der Waals surface area contributed by atoms with E-state index < -0.39 is 0 Å². The Labute approximate surface area is 150 Å². The summed E-state index contributed by atoms with van der Waals surface area (Å²) in [7, 11) is 0. The second-order valence-electron chi connectivity index (χ2n) is 6.39. The van der Waals surface area contributed by atoms with E-state index in [0.717, 1.165) is 11.1 Å². The third-order valence-electron chi connectivity index (χ3n) is 4.25. The van der Waals surface area contributed by atoms with Gasteiger partial charge in [0.15, 0.2) is 5.78 Å². The van der Waals surface area contributed by atoms with Crippen molar-refractivity contribution in [2.45, 2.75) is 58.8 Å². The lowest BCUT2D eigenvalue weighted by Crippen LogP contribution is -1.90. The van der Waals surface area contributed by atoms with Crippen molar-refractivity contribution >= 4 is 29.3 Å². The predicted molar refractivity (Wildman–Crippen MR) is 107 cm³/mol. The van der Waals surface area contributed by atoms with Gasteiger partial charge in [0.2, 0.25) is 0 Å². The Hall–Kier alpha value is -1.67. The first-order chi connectivity index (χ1) is 11.7. The minimum absolute atomic E-state index is 0.114. The van der Waals surface area contributed by atoms with Crippen molar-refractivity contribution in [2.24, 2.45) is 0 Å². The van der Waals surface area contributed by atoms with Gasteiger partial charge in [0.05, 0.1) is 0 Å². The lowest BCUT2D eigenvalue weighted by molar-refractivity contribution is 0.101. The van der Waals surface area contributed by atoms with Crippen LogP contribution in [0.4, 0.5) is 0 Å². The van der Waals surface area contributed by atoms with Gasteiger partial charge in [-0.3, -0.25) is 4.79 Å². The monoisotopic (exact) mass is 340 g/mol. The van der Waals surface area contributed by atoms with Crippen molar-refractivity contribution in [1.82, 2.24) is 0 Å². The third-order valence-corrected chi connectivity index (χ3v) is 5.20. The summed E-state index contributed by atoms with van der Waals surface area (Å²) in [5, 5.41) is 2.28. The fourth-order valence-corrected chi connectivity index (χ4v) is 3.57. The molecule has 128 valence electrons. The number of carbonyl (C=O) groups is 1. The normalized spacial score (nSPS) is 11.2. The van der Waals surface area contributed by atoms with E-state index in [4.69, 9.17) is 0 Å². The van der Waals surface area contributed by atoms with E-state index in [-0.39, 0.29) is 5.78 Å². The molecule has 1 aromatic heterocycles. The molecule has 0 atom stereocenters. The molecule has 2 rings (SSSR count). The standard InChI is InChI=1S/C22H28OS/c1-3-4-5-6-7-8-9-20-16-22(24-17-20)15-12-19-10-13-21(14-11-19)18(2)23/h10-17H,3-9H2,1-2H3. The number of aryl methyl sites for hydroxylation is 1. The number of benzene rings is 1. The SMILES string of the molecule is CCCCCCCCc1csc(C=Cc2ccc(C(C)=O)cc2)c1. The molecule has 1 nitrogen and oxygen atoms in total. The summed E-state index contributed by atoms with van der Waals surface area (Å²) in [6.45, 7) is 3.86. The van der Waals surface area contributed by atoms with Crippen LogP contribution in [0.5, 0.6) is 0 Å². The Bertz CT molecular complexity index is 649. The minimum Gasteiger partial charge on any atom is -0.295 e. The van der Waals surface area contributed by atoms with Crippen LogP contribution in [0.3, 0.4) is 0 Å². The molecule has 0 spiro atoms. The zero-order chi connectivity index (χ0) is 17.2. The lowest BCUT2D eigenvalue weighted by Gasteiger charge is -1.99. The summed E-state index contributed by atoms with van der Waals surface area (Å²) >= 11 is 1.81. The van der Waals surface area contributed by atoms with Crippen LogP contribution >= 0.6 is 11.3 Å². The molecular formula is C22H28OS. The van der Waals surface area contributed by atoms with Gasteiger partial charge in [-0.1, -0.05) is 69.4 Å². The number of hydrogen-bond acceptors (Lipinski definition) is 2. The van der Waals surface area contributed by atoms with E-state index in [1.54, 1.807) is 6.92 Å². The van der Waals surface area contributed by atoms with E-state index in [1.807, 2.05) is 35.6 Å². The molecule has 2 heteroatoms. The molecule has 1 aromatic carbocycles. The maximum atomic E-state index is 11.3. The van der Waals surface area contributed by atoms with Gasteiger partial charge in [-0.05, 0) is 48.4 Å². The highest BCUT2D eigenvalue weighted by Gasteiger charge is 1.99. The molecule has 0 fully saturated rings. The quantitative estimate of drug-likeness (QED) is 0.335. The van der Waals surface area contributed by atoms with E-state index in [2.05, 4.69) is 30.5 Å². The van der Waals surface area contributed by atoms with Gasteiger partial charge in [0, 0.05) is 10.4 Å². The molecular weight excluding hydrogens is 312 g/mol. The molecule has 24 heavy (non-hydrogen) atoms. The molecule has 0 bridgehead atoms. The van der Waals surface area contributed by atoms with Crippen molar-refractivity contribution in [2.75, 3.05) is 0 Å². The van der Waals surface area contributed by atoms with Crippen LogP contribution in [0.15, 0.2) is 35.7 Å². The largest absolute Gasteiger partial charge is 0.295 e. The molecule has 2 aromatic rings. The number of hydrogen-bond donors (Lipinski definition) is 0. The molecule has 0 amide bonds. The van der Waals surface area contributed by atoms with Gasteiger partial charge in [-0.2, -0.15) is 0 Å². The van der Waals surface area contributed by atoms with Crippen molar-refractivity contribution in [3.63, 3.8) is 0 Å². The van der Waals surface area contributed by atoms with Crippen molar-refractivity contribution in [3.8, 4) is 0 Å². The highest BCUT2D eigenvalue weighted by molar-refractivity contribution is 7.11. The van der Waals surface area contributed by atoms with Crippen LogP contribution in [0.1, 0.15) is 78.7 Å². The molecule has 0 aliphatic heterocycles. The Morgan fingerprint density at radius 2 is 1.71 bits per heavy atom. The van der Waals surface area contributed by atoms with Crippen LogP contribution in [-0.4, -0.2) is 5.78 Å². The first-order valence-corrected chi connectivity index (χ1v) is 9.93. The first kappa shape index (κ1) is 18.7. The average molecular weight is 341 g/mol. The topological polar surface area (TPSA) is 17.1 Å². The molecule has 0 N–H and O–H groups in total. The number of carbonyl (C=O) groups excluding carboxylic acids is 1. The van der Waals surface area contributed by atoms with Gasteiger partial charge in [-0.25, -0.2) is 0 Å². The lowest BCUT2D eigenvalue weighted by atomic mass is 10.1. The highest BCUT2D eigenvalue weighted by atomic mass is 32.1. The van der Waals surface area contributed by atoms with Crippen molar-refractivity contribution in [1.29, 1.82) is 0 Å². The second kappa shape index (κ2) is 10.2. The summed E-state index contributed by atoms with van der Waals surface area (Å²) in [6, 6.07) is 10.1. The van der Waals surface area contributed by atoms with E-state index in [0.29, 0.717) is 0 Å².